The molecular formula is C13H29N3O2S. The van der Waals surface area contributed by atoms with Gasteiger partial charge >= 0.3 is 0 Å². The molecule has 5 nitrogen and oxygen atoms in total. The summed E-state index contributed by atoms with van der Waals surface area (Å²) in [5.74, 6) is 0.463. The summed E-state index contributed by atoms with van der Waals surface area (Å²) >= 11 is 0. The number of hydrogen-bond donors (Lipinski definition) is 2. The monoisotopic (exact) mass is 291 g/mol. The number of rotatable bonds is 9. The van der Waals surface area contributed by atoms with Crippen LogP contribution in [-0.2, 0) is 10.0 Å². The van der Waals surface area contributed by atoms with Crippen molar-refractivity contribution in [3.63, 3.8) is 0 Å². The van der Waals surface area contributed by atoms with Crippen LogP contribution in [-0.4, -0.2) is 57.8 Å². The Morgan fingerprint density at radius 2 is 2.11 bits per heavy atom. The first-order chi connectivity index (χ1) is 8.99. The van der Waals surface area contributed by atoms with Gasteiger partial charge < -0.3 is 10.2 Å². The lowest BCUT2D eigenvalue weighted by molar-refractivity contribution is 0.342. The normalized spacial score (nSPS) is 22.8. The Morgan fingerprint density at radius 1 is 1.37 bits per heavy atom. The lowest BCUT2D eigenvalue weighted by Crippen LogP contribution is -2.41. The van der Waals surface area contributed by atoms with Gasteiger partial charge in [-0.25, -0.2) is 13.1 Å². The third kappa shape index (κ3) is 5.77. The van der Waals surface area contributed by atoms with E-state index in [2.05, 4.69) is 28.8 Å². The van der Waals surface area contributed by atoms with Gasteiger partial charge in [-0.1, -0.05) is 13.8 Å². The van der Waals surface area contributed by atoms with E-state index in [9.17, 15) is 8.42 Å². The predicted molar refractivity (Wildman–Crippen MR) is 79.8 cm³/mol. The van der Waals surface area contributed by atoms with Gasteiger partial charge in [-0.3, -0.25) is 0 Å². The summed E-state index contributed by atoms with van der Waals surface area (Å²) in [4.78, 5) is 2.37. The van der Waals surface area contributed by atoms with Crippen molar-refractivity contribution in [1.82, 2.24) is 14.9 Å². The molecule has 1 aliphatic rings. The van der Waals surface area contributed by atoms with Crippen LogP contribution in [0.15, 0.2) is 0 Å². The highest BCUT2D eigenvalue weighted by Gasteiger charge is 2.25. The molecular weight excluding hydrogens is 262 g/mol. The minimum Gasteiger partial charge on any atom is -0.315 e. The van der Waals surface area contributed by atoms with Crippen molar-refractivity contribution >= 4 is 10.0 Å². The highest BCUT2D eigenvalue weighted by Crippen LogP contribution is 2.15. The average molecular weight is 291 g/mol. The summed E-state index contributed by atoms with van der Waals surface area (Å²) < 4.78 is 26.9. The molecule has 0 spiro atoms. The van der Waals surface area contributed by atoms with Gasteiger partial charge in [0, 0.05) is 19.6 Å². The summed E-state index contributed by atoms with van der Waals surface area (Å²) in [6.07, 6.45) is 2.12. The highest BCUT2D eigenvalue weighted by molar-refractivity contribution is 7.90. The Bertz CT molecular complexity index is 346. The summed E-state index contributed by atoms with van der Waals surface area (Å²) in [5, 5.41) is 2.79. The van der Waals surface area contributed by atoms with Crippen LogP contribution in [0.2, 0.25) is 0 Å². The maximum atomic E-state index is 12.1. The van der Waals surface area contributed by atoms with E-state index in [0.717, 1.165) is 39.0 Å². The number of hydrogen-bond acceptors (Lipinski definition) is 4. The summed E-state index contributed by atoms with van der Waals surface area (Å²) in [5.41, 5.74) is 0. The van der Waals surface area contributed by atoms with Crippen LogP contribution in [0.1, 0.15) is 33.6 Å². The molecule has 6 heteroatoms. The Labute approximate surface area is 118 Å². The molecule has 1 saturated heterocycles. The second-order valence-electron chi connectivity index (χ2n) is 5.46. The van der Waals surface area contributed by atoms with Gasteiger partial charge in [0.05, 0.1) is 5.25 Å². The van der Waals surface area contributed by atoms with Gasteiger partial charge in [0.25, 0.3) is 0 Å². The van der Waals surface area contributed by atoms with Gasteiger partial charge in [-0.15, -0.1) is 0 Å². The smallest absolute Gasteiger partial charge is 0.215 e. The Hall–Kier alpha value is -0.170. The fourth-order valence-corrected chi connectivity index (χ4v) is 3.42. The molecule has 0 saturated carbocycles. The van der Waals surface area contributed by atoms with Crippen LogP contribution in [0.3, 0.4) is 0 Å². The zero-order chi connectivity index (χ0) is 14.3. The molecule has 2 N–H and O–H groups in total. The molecule has 19 heavy (non-hydrogen) atoms. The predicted octanol–water partition coefficient (Wildman–Crippen LogP) is 0.636. The average Bonchev–Trinajstić information content (AvgIpc) is 2.84. The first kappa shape index (κ1) is 16.9. The number of nitrogens with one attached hydrogen (secondary N) is 2. The molecule has 0 aromatic carbocycles. The lowest BCUT2D eigenvalue weighted by atomic mass is 10.1. The van der Waals surface area contributed by atoms with Crippen LogP contribution in [0.4, 0.5) is 0 Å². The fourth-order valence-electron chi connectivity index (χ4n) is 2.33. The van der Waals surface area contributed by atoms with Crippen molar-refractivity contribution < 1.29 is 8.42 Å². The van der Waals surface area contributed by atoms with Crippen molar-refractivity contribution in [3.05, 3.63) is 0 Å². The first-order valence-electron chi connectivity index (χ1n) is 7.41. The lowest BCUT2D eigenvalue weighted by Gasteiger charge is -2.17. The van der Waals surface area contributed by atoms with Crippen molar-refractivity contribution in [2.24, 2.45) is 5.92 Å². The van der Waals surface area contributed by atoms with Gasteiger partial charge in [0.15, 0.2) is 0 Å². The summed E-state index contributed by atoms with van der Waals surface area (Å²) in [6, 6.07) is 0. The van der Waals surface area contributed by atoms with Gasteiger partial charge in [-0.05, 0) is 45.3 Å². The third-order valence-electron chi connectivity index (χ3n) is 3.78. The molecule has 2 atom stereocenters. The quantitative estimate of drug-likeness (QED) is 0.612. The summed E-state index contributed by atoms with van der Waals surface area (Å²) in [7, 11) is -3.18. The van der Waals surface area contributed by atoms with Crippen molar-refractivity contribution in [3.8, 4) is 0 Å². The van der Waals surface area contributed by atoms with Crippen molar-refractivity contribution in [1.29, 1.82) is 0 Å². The maximum Gasteiger partial charge on any atom is 0.215 e. The second-order valence-corrected chi connectivity index (χ2v) is 7.64. The third-order valence-corrected chi connectivity index (χ3v) is 5.57. The molecule has 1 heterocycles. The second kappa shape index (κ2) is 8.19. The van der Waals surface area contributed by atoms with E-state index in [1.54, 1.807) is 6.92 Å². The Balaban J connectivity index is 2.30. The minimum absolute atomic E-state index is 0.372. The van der Waals surface area contributed by atoms with Gasteiger partial charge in [-0.2, -0.15) is 0 Å². The van der Waals surface area contributed by atoms with E-state index < -0.39 is 10.0 Å². The topological polar surface area (TPSA) is 61.4 Å². The molecule has 0 radical (unpaired) electrons. The standard InChI is InChI=1S/C13H29N3O2S/c1-4-7-14-9-12(3)19(17,18)15-10-13-6-8-16(5-2)11-13/h12-15H,4-11H2,1-3H3. The van der Waals surface area contributed by atoms with Crippen LogP contribution >= 0.6 is 0 Å². The molecule has 1 fully saturated rings. The number of sulfonamides is 1. The summed E-state index contributed by atoms with van der Waals surface area (Å²) in [6.45, 7) is 11.1. The van der Waals surface area contributed by atoms with Gasteiger partial charge in [0.1, 0.15) is 0 Å². The molecule has 0 aliphatic carbocycles. The molecule has 0 amide bonds. The molecule has 1 rings (SSSR count). The number of likely N-dealkylation sites (tertiary alicyclic amines) is 1. The molecule has 0 aromatic rings. The SMILES string of the molecule is CCCNCC(C)S(=O)(=O)NCC1CCN(CC)C1. The van der Waals surface area contributed by atoms with Crippen LogP contribution in [0, 0.1) is 5.92 Å². The van der Waals surface area contributed by atoms with E-state index in [1.807, 2.05) is 0 Å². The largest absolute Gasteiger partial charge is 0.315 e. The Morgan fingerprint density at radius 3 is 2.68 bits per heavy atom. The molecule has 0 aromatic heterocycles. The van der Waals surface area contributed by atoms with E-state index in [1.165, 1.54) is 0 Å². The molecule has 114 valence electrons. The van der Waals surface area contributed by atoms with E-state index in [-0.39, 0.29) is 5.25 Å². The molecule has 2 unspecified atom stereocenters. The van der Waals surface area contributed by atoms with E-state index in [4.69, 9.17) is 0 Å². The number of nitrogens with zero attached hydrogens (tertiary/aromatic N) is 1. The molecule has 1 aliphatic heterocycles. The maximum absolute atomic E-state index is 12.1. The minimum atomic E-state index is -3.18. The van der Waals surface area contributed by atoms with Crippen molar-refractivity contribution in [2.75, 3.05) is 39.3 Å². The van der Waals surface area contributed by atoms with Crippen LogP contribution < -0.4 is 10.0 Å². The first-order valence-corrected chi connectivity index (χ1v) is 8.95. The highest BCUT2D eigenvalue weighted by atomic mass is 32.2. The Kier molecular flexibility index (Phi) is 7.28. The fraction of sp³-hybridized carbons (Fsp3) is 1.00. The zero-order valence-corrected chi connectivity index (χ0v) is 13.3. The van der Waals surface area contributed by atoms with Gasteiger partial charge in [0.2, 0.25) is 10.0 Å². The van der Waals surface area contributed by atoms with Crippen LogP contribution in [0.5, 0.6) is 0 Å². The zero-order valence-electron chi connectivity index (χ0n) is 12.5. The van der Waals surface area contributed by atoms with E-state index in [0.29, 0.717) is 19.0 Å². The van der Waals surface area contributed by atoms with Crippen LogP contribution in [0.25, 0.3) is 0 Å². The molecule has 0 bridgehead atoms. The van der Waals surface area contributed by atoms with E-state index >= 15 is 0 Å². The van der Waals surface area contributed by atoms with Crippen molar-refractivity contribution in [2.45, 2.75) is 38.9 Å².